The molecule has 2 aliphatic rings. The highest BCUT2D eigenvalue weighted by molar-refractivity contribution is 14.0. The van der Waals surface area contributed by atoms with Gasteiger partial charge in [0.2, 0.25) is 5.89 Å². The van der Waals surface area contributed by atoms with Crippen LogP contribution in [0, 0.1) is 6.92 Å². The van der Waals surface area contributed by atoms with Crippen LogP contribution in [0.5, 0.6) is 0 Å². The number of aryl methyl sites for hydroxylation is 1. The molecule has 0 unspecified atom stereocenters. The first-order valence-corrected chi connectivity index (χ1v) is 9.32. The Bertz CT molecular complexity index is 535. The van der Waals surface area contributed by atoms with E-state index in [4.69, 9.17) is 4.52 Å². The Morgan fingerprint density at radius 2 is 1.96 bits per heavy atom. The number of guanidine groups is 1. The molecule has 1 aromatic heterocycles. The van der Waals surface area contributed by atoms with Gasteiger partial charge in [0.1, 0.15) is 6.54 Å². The van der Waals surface area contributed by atoms with Crippen LogP contribution in [0.3, 0.4) is 0 Å². The minimum absolute atomic E-state index is 0. The summed E-state index contributed by atoms with van der Waals surface area (Å²) in [6.45, 7) is 7.56. The van der Waals surface area contributed by atoms with Crippen molar-refractivity contribution in [2.24, 2.45) is 4.99 Å². The van der Waals surface area contributed by atoms with Crippen LogP contribution >= 0.6 is 24.0 Å². The number of likely N-dealkylation sites (tertiary alicyclic amines) is 1. The Morgan fingerprint density at radius 3 is 2.56 bits per heavy atom. The van der Waals surface area contributed by atoms with E-state index in [0.717, 1.165) is 18.5 Å². The fourth-order valence-corrected chi connectivity index (χ4v) is 3.75. The lowest BCUT2D eigenvalue weighted by atomic mass is 10.0. The Labute approximate surface area is 167 Å². The third-order valence-electron chi connectivity index (χ3n) is 5.00. The van der Waals surface area contributed by atoms with Gasteiger partial charge in [-0.3, -0.25) is 0 Å². The van der Waals surface area contributed by atoms with Gasteiger partial charge < -0.3 is 20.1 Å². The topological polar surface area (TPSA) is 78.6 Å². The first-order valence-electron chi connectivity index (χ1n) is 9.32. The van der Waals surface area contributed by atoms with Crippen molar-refractivity contribution in [1.82, 2.24) is 25.7 Å². The van der Waals surface area contributed by atoms with Gasteiger partial charge in [0, 0.05) is 38.6 Å². The predicted molar refractivity (Wildman–Crippen MR) is 109 cm³/mol. The molecule has 0 amide bonds. The first kappa shape index (κ1) is 20.4. The Kier molecular flexibility index (Phi) is 8.41. The van der Waals surface area contributed by atoms with Crippen LogP contribution in [0.15, 0.2) is 9.52 Å². The van der Waals surface area contributed by atoms with Crippen molar-refractivity contribution >= 4 is 29.9 Å². The number of nitrogens with zero attached hydrogens (tertiary/aromatic N) is 4. The summed E-state index contributed by atoms with van der Waals surface area (Å²) >= 11 is 0. The second-order valence-corrected chi connectivity index (χ2v) is 6.82. The molecule has 2 N–H and O–H groups in total. The molecular formula is C17H31IN6O. The van der Waals surface area contributed by atoms with Gasteiger partial charge >= 0.3 is 0 Å². The molecule has 7 nitrogen and oxygen atoms in total. The van der Waals surface area contributed by atoms with E-state index >= 15 is 0 Å². The Balaban J connectivity index is 0.00000225. The number of piperidine rings is 1. The molecule has 2 heterocycles. The Hall–Kier alpha value is -0.900. The fraction of sp³-hybridized carbons (Fsp3) is 0.824. The zero-order valence-corrected chi connectivity index (χ0v) is 17.7. The summed E-state index contributed by atoms with van der Waals surface area (Å²) in [6.07, 6.45) is 7.98. The monoisotopic (exact) mass is 462 g/mol. The molecule has 1 aromatic rings. The molecule has 1 aliphatic heterocycles. The number of aliphatic imine (C=N–C) groups is 1. The van der Waals surface area contributed by atoms with E-state index in [1.807, 2.05) is 0 Å². The predicted octanol–water partition coefficient (Wildman–Crippen LogP) is 2.46. The van der Waals surface area contributed by atoms with Crippen molar-refractivity contribution in [2.45, 2.75) is 71.0 Å². The lowest BCUT2D eigenvalue weighted by Gasteiger charge is -2.36. The lowest BCUT2D eigenvalue weighted by Crippen LogP contribution is -2.50. The zero-order valence-electron chi connectivity index (χ0n) is 15.3. The zero-order chi connectivity index (χ0) is 16.8. The van der Waals surface area contributed by atoms with Crippen LogP contribution in [0.4, 0.5) is 0 Å². The smallest absolute Gasteiger partial charge is 0.223 e. The number of hydrogen-bond donors (Lipinski definition) is 2. The minimum atomic E-state index is 0. The highest BCUT2D eigenvalue weighted by Crippen LogP contribution is 2.26. The van der Waals surface area contributed by atoms with Gasteiger partial charge in [-0.2, -0.15) is 4.98 Å². The summed E-state index contributed by atoms with van der Waals surface area (Å²) in [4.78, 5) is 11.5. The van der Waals surface area contributed by atoms with E-state index in [-0.39, 0.29) is 24.0 Å². The van der Waals surface area contributed by atoms with Gasteiger partial charge in [-0.25, -0.2) is 4.99 Å². The Morgan fingerprint density at radius 1 is 1.24 bits per heavy atom. The van der Waals surface area contributed by atoms with Crippen LogP contribution in [0.25, 0.3) is 0 Å². The lowest BCUT2D eigenvalue weighted by molar-refractivity contribution is 0.150. The molecule has 1 saturated heterocycles. The molecule has 3 rings (SSSR count). The van der Waals surface area contributed by atoms with E-state index in [2.05, 4.69) is 37.6 Å². The molecule has 0 spiro atoms. The molecule has 8 heteroatoms. The summed E-state index contributed by atoms with van der Waals surface area (Å²) in [7, 11) is 0. The highest BCUT2D eigenvalue weighted by Gasteiger charge is 2.27. The average molecular weight is 462 g/mol. The van der Waals surface area contributed by atoms with E-state index in [9.17, 15) is 0 Å². The fourth-order valence-electron chi connectivity index (χ4n) is 3.75. The van der Waals surface area contributed by atoms with Gasteiger partial charge in [0.15, 0.2) is 11.8 Å². The number of halogens is 1. The highest BCUT2D eigenvalue weighted by atomic mass is 127. The third kappa shape index (κ3) is 6.09. The van der Waals surface area contributed by atoms with Crippen molar-refractivity contribution in [3.8, 4) is 0 Å². The minimum Gasteiger partial charge on any atom is -0.357 e. The second-order valence-electron chi connectivity index (χ2n) is 6.82. The van der Waals surface area contributed by atoms with Crippen LogP contribution in [-0.2, 0) is 6.54 Å². The SMILES string of the molecule is CCNC(=NCc1noc(C)n1)NC1CCN(C2CCCC2)CC1.I. The van der Waals surface area contributed by atoms with E-state index in [1.54, 1.807) is 6.92 Å². The molecule has 25 heavy (non-hydrogen) atoms. The standard InChI is InChI=1S/C17H30N6O.HI/c1-3-18-17(19-12-16-20-13(2)24-22-16)21-14-8-10-23(11-9-14)15-6-4-5-7-15;/h14-15H,3-12H2,1-2H3,(H2,18,19,21);1H. The van der Waals surface area contributed by atoms with Gasteiger partial charge in [0.05, 0.1) is 0 Å². The maximum atomic E-state index is 4.99. The second kappa shape index (κ2) is 10.3. The van der Waals surface area contributed by atoms with E-state index in [1.165, 1.54) is 51.6 Å². The van der Waals surface area contributed by atoms with Crippen molar-refractivity contribution in [3.05, 3.63) is 11.7 Å². The van der Waals surface area contributed by atoms with Gasteiger partial charge in [-0.05, 0) is 32.6 Å². The molecule has 0 radical (unpaired) electrons. The molecule has 1 saturated carbocycles. The molecule has 2 fully saturated rings. The van der Waals surface area contributed by atoms with Crippen LogP contribution in [0.2, 0.25) is 0 Å². The summed E-state index contributed by atoms with van der Waals surface area (Å²) in [5.41, 5.74) is 0. The summed E-state index contributed by atoms with van der Waals surface area (Å²) in [5.74, 6) is 2.05. The number of aromatic nitrogens is 2. The maximum absolute atomic E-state index is 4.99. The normalized spacial score (nSPS) is 20.5. The molecule has 1 aliphatic carbocycles. The maximum Gasteiger partial charge on any atom is 0.223 e. The molecule has 0 aromatic carbocycles. The van der Waals surface area contributed by atoms with E-state index < -0.39 is 0 Å². The third-order valence-corrected chi connectivity index (χ3v) is 5.00. The van der Waals surface area contributed by atoms with Crippen LogP contribution < -0.4 is 10.6 Å². The van der Waals surface area contributed by atoms with Gasteiger partial charge in [-0.1, -0.05) is 18.0 Å². The summed E-state index contributed by atoms with van der Waals surface area (Å²) < 4.78 is 4.99. The molecule has 142 valence electrons. The van der Waals surface area contributed by atoms with Crippen molar-refractivity contribution in [1.29, 1.82) is 0 Å². The van der Waals surface area contributed by atoms with Gasteiger partial charge in [-0.15, -0.1) is 24.0 Å². The first-order chi connectivity index (χ1) is 11.7. The number of hydrogen-bond acceptors (Lipinski definition) is 5. The van der Waals surface area contributed by atoms with Gasteiger partial charge in [0.25, 0.3) is 0 Å². The van der Waals surface area contributed by atoms with Crippen LogP contribution in [-0.4, -0.2) is 52.7 Å². The molecule has 0 bridgehead atoms. The molecular weight excluding hydrogens is 431 g/mol. The largest absolute Gasteiger partial charge is 0.357 e. The number of rotatable bonds is 5. The molecule has 0 atom stereocenters. The summed E-state index contributed by atoms with van der Waals surface area (Å²) in [6, 6.07) is 1.33. The van der Waals surface area contributed by atoms with Crippen molar-refractivity contribution in [2.75, 3.05) is 19.6 Å². The average Bonchev–Trinajstić information content (AvgIpc) is 3.25. The van der Waals surface area contributed by atoms with E-state index in [0.29, 0.717) is 24.3 Å². The van der Waals surface area contributed by atoms with Crippen LogP contribution in [0.1, 0.15) is 57.2 Å². The quantitative estimate of drug-likeness (QED) is 0.398. The summed E-state index contributed by atoms with van der Waals surface area (Å²) in [5, 5.41) is 10.8. The van der Waals surface area contributed by atoms with Crippen molar-refractivity contribution in [3.63, 3.8) is 0 Å². The number of nitrogens with one attached hydrogen (secondary N) is 2. The van der Waals surface area contributed by atoms with Crippen molar-refractivity contribution < 1.29 is 4.52 Å².